The monoisotopic (exact) mass is 380 g/mol. The Balaban J connectivity index is 1.70. The van der Waals surface area contributed by atoms with Crippen molar-refractivity contribution < 1.29 is 23.2 Å². The average Bonchev–Trinajstić information content (AvgIpc) is 2.67. The number of piperazine rings is 2. The Morgan fingerprint density at radius 3 is 2.74 bits per heavy atom. The third-order valence-corrected chi connectivity index (χ3v) is 5.00. The van der Waals surface area contributed by atoms with Gasteiger partial charge in [-0.15, -0.1) is 0 Å². The first-order valence-corrected chi connectivity index (χ1v) is 8.98. The average molecular weight is 380 g/mol. The van der Waals surface area contributed by atoms with E-state index >= 15 is 0 Å². The van der Waals surface area contributed by atoms with Gasteiger partial charge in [-0.2, -0.15) is 0 Å². The highest BCUT2D eigenvalue weighted by atomic mass is 19.2. The Hall–Kier alpha value is -2.55. The molecule has 0 saturated carbocycles. The maximum Gasteiger partial charge on any atom is 0.257 e. The van der Waals surface area contributed by atoms with E-state index in [2.05, 4.69) is 5.32 Å². The Kier molecular flexibility index (Phi) is 5.69. The van der Waals surface area contributed by atoms with Gasteiger partial charge in [-0.05, 0) is 37.9 Å². The lowest BCUT2D eigenvalue weighted by atomic mass is 9.99. The minimum absolute atomic E-state index is 0.0537. The van der Waals surface area contributed by atoms with Crippen LogP contribution in [0, 0.1) is 11.6 Å². The summed E-state index contributed by atoms with van der Waals surface area (Å²) >= 11 is 0. The van der Waals surface area contributed by atoms with Gasteiger partial charge in [0, 0.05) is 13.1 Å². The molecule has 1 aromatic rings. The van der Waals surface area contributed by atoms with Gasteiger partial charge in [0.25, 0.3) is 5.91 Å². The van der Waals surface area contributed by atoms with Gasteiger partial charge in [0.1, 0.15) is 12.1 Å². The van der Waals surface area contributed by atoms with Crippen LogP contribution in [0.15, 0.2) is 18.2 Å². The van der Waals surface area contributed by atoms with Crippen molar-refractivity contribution in [2.24, 2.45) is 5.73 Å². The van der Waals surface area contributed by atoms with Crippen molar-refractivity contribution in [3.63, 3.8) is 0 Å². The Morgan fingerprint density at radius 1 is 1.22 bits per heavy atom. The standard InChI is InChI=1S/C18H22F2N4O3/c19-12-5-3-4-11(15(12)20)17(26)23-8-9-24-14(10-23)16(25)22-13(18(24)27)6-1-2-7-21/h3-5,13-14H,1-2,6-10,21H2,(H,22,25)/t13-,14+/m0/s1. The topological polar surface area (TPSA) is 95.7 Å². The first-order chi connectivity index (χ1) is 12.9. The van der Waals surface area contributed by atoms with Crippen LogP contribution in [-0.4, -0.2) is 65.8 Å². The molecule has 0 spiro atoms. The fraction of sp³-hybridized carbons (Fsp3) is 0.500. The lowest BCUT2D eigenvalue weighted by Crippen LogP contribution is -2.69. The summed E-state index contributed by atoms with van der Waals surface area (Å²) in [6.45, 7) is 0.795. The predicted octanol–water partition coefficient (Wildman–Crippen LogP) is 0.245. The molecule has 146 valence electrons. The highest BCUT2D eigenvalue weighted by molar-refractivity contribution is 5.99. The quantitative estimate of drug-likeness (QED) is 0.716. The van der Waals surface area contributed by atoms with Crippen LogP contribution < -0.4 is 11.1 Å². The van der Waals surface area contributed by atoms with Crippen LogP contribution in [0.25, 0.3) is 0 Å². The number of benzene rings is 1. The molecule has 2 fully saturated rings. The number of carbonyl (C=O) groups is 3. The molecule has 2 saturated heterocycles. The van der Waals surface area contributed by atoms with Crippen LogP contribution in [0.4, 0.5) is 8.78 Å². The van der Waals surface area contributed by atoms with E-state index in [9.17, 15) is 23.2 Å². The summed E-state index contributed by atoms with van der Waals surface area (Å²) in [6.07, 6.45) is 2.02. The zero-order valence-electron chi connectivity index (χ0n) is 14.8. The second-order valence-corrected chi connectivity index (χ2v) is 6.75. The summed E-state index contributed by atoms with van der Waals surface area (Å²) in [4.78, 5) is 40.3. The number of nitrogens with two attached hydrogens (primary N) is 1. The van der Waals surface area contributed by atoms with Gasteiger partial charge in [0.2, 0.25) is 11.8 Å². The number of nitrogens with zero attached hydrogens (tertiary/aromatic N) is 2. The molecule has 3 rings (SSSR count). The van der Waals surface area contributed by atoms with E-state index < -0.39 is 29.6 Å². The molecule has 2 aliphatic rings. The molecule has 0 bridgehead atoms. The van der Waals surface area contributed by atoms with Gasteiger partial charge >= 0.3 is 0 Å². The summed E-state index contributed by atoms with van der Waals surface area (Å²) in [5.74, 6) is -3.54. The fourth-order valence-electron chi connectivity index (χ4n) is 3.51. The number of rotatable bonds is 5. The van der Waals surface area contributed by atoms with Crippen molar-refractivity contribution in [2.75, 3.05) is 26.2 Å². The summed E-state index contributed by atoms with van der Waals surface area (Å²) in [5, 5.41) is 2.70. The highest BCUT2D eigenvalue weighted by Crippen LogP contribution is 2.21. The van der Waals surface area contributed by atoms with Crippen molar-refractivity contribution in [1.82, 2.24) is 15.1 Å². The molecular weight excluding hydrogens is 358 g/mol. The minimum Gasteiger partial charge on any atom is -0.342 e. The third kappa shape index (κ3) is 3.78. The number of hydrogen-bond acceptors (Lipinski definition) is 4. The van der Waals surface area contributed by atoms with E-state index in [1.807, 2.05) is 0 Å². The van der Waals surface area contributed by atoms with E-state index in [1.165, 1.54) is 21.9 Å². The molecule has 0 radical (unpaired) electrons. The molecule has 1 aromatic carbocycles. The van der Waals surface area contributed by atoms with E-state index in [0.717, 1.165) is 18.9 Å². The van der Waals surface area contributed by atoms with Crippen LogP contribution in [0.5, 0.6) is 0 Å². The molecule has 3 amide bonds. The van der Waals surface area contributed by atoms with Crippen molar-refractivity contribution in [2.45, 2.75) is 31.3 Å². The molecule has 27 heavy (non-hydrogen) atoms. The smallest absolute Gasteiger partial charge is 0.257 e. The highest BCUT2D eigenvalue weighted by Gasteiger charge is 2.44. The van der Waals surface area contributed by atoms with E-state index in [4.69, 9.17) is 5.73 Å². The van der Waals surface area contributed by atoms with Crippen LogP contribution in [0.3, 0.4) is 0 Å². The second-order valence-electron chi connectivity index (χ2n) is 6.75. The Morgan fingerprint density at radius 2 is 2.00 bits per heavy atom. The number of halogens is 2. The van der Waals surface area contributed by atoms with Crippen molar-refractivity contribution in [1.29, 1.82) is 0 Å². The van der Waals surface area contributed by atoms with E-state index in [1.54, 1.807) is 0 Å². The predicted molar refractivity (Wildman–Crippen MR) is 92.6 cm³/mol. The number of nitrogens with one attached hydrogen (secondary N) is 1. The number of carbonyl (C=O) groups excluding carboxylic acids is 3. The summed E-state index contributed by atoms with van der Waals surface area (Å²) in [5.41, 5.74) is 5.07. The molecule has 3 N–H and O–H groups in total. The maximum absolute atomic E-state index is 13.9. The Bertz CT molecular complexity index is 758. The second kappa shape index (κ2) is 7.99. The van der Waals surface area contributed by atoms with Gasteiger partial charge in [-0.1, -0.05) is 6.07 Å². The zero-order chi connectivity index (χ0) is 19.6. The summed E-state index contributed by atoms with van der Waals surface area (Å²) in [7, 11) is 0. The SMILES string of the molecule is NCCCC[C@@H]1NC(=O)[C@H]2CN(C(=O)c3cccc(F)c3F)CCN2C1=O. The summed E-state index contributed by atoms with van der Waals surface area (Å²) < 4.78 is 27.3. The number of fused-ring (bicyclic) bond motifs is 1. The molecule has 2 atom stereocenters. The van der Waals surface area contributed by atoms with Gasteiger partial charge in [-0.3, -0.25) is 14.4 Å². The van der Waals surface area contributed by atoms with Crippen LogP contribution >= 0.6 is 0 Å². The van der Waals surface area contributed by atoms with E-state index in [0.29, 0.717) is 13.0 Å². The Labute approximate surface area is 155 Å². The lowest BCUT2D eigenvalue weighted by molar-refractivity contribution is -0.152. The molecule has 2 aliphatic heterocycles. The first kappa shape index (κ1) is 19.2. The van der Waals surface area contributed by atoms with Gasteiger partial charge in [-0.25, -0.2) is 8.78 Å². The zero-order valence-corrected chi connectivity index (χ0v) is 14.8. The molecule has 0 unspecified atom stereocenters. The summed E-state index contributed by atoms with van der Waals surface area (Å²) in [6, 6.07) is 1.99. The fourth-order valence-corrected chi connectivity index (χ4v) is 3.51. The van der Waals surface area contributed by atoms with E-state index in [-0.39, 0.29) is 37.0 Å². The first-order valence-electron chi connectivity index (χ1n) is 8.98. The van der Waals surface area contributed by atoms with Gasteiger partial charge in [0.15, 0.2) is 11.6 Å². The molecule has 2 heterocycles. The normalized spacial score (nSPS) is 22.5. The molecule has 7 nitrogen and oxygen atoms in total. The van der Waals surface area contributed by atoms with Crippen LogP contribution in [0.2, 0.25) is 0 Å². The van der Waals surface area contributed by atoms with Crippen molar-refractivity contribution >= 4 is 17.7 Å². The number of hydrogen-bond donors (Lipinski definition) is 2. The number of amides is 3. The number of unbranched alkanes of at least 4 members (excludes halogenated alkanes) is 1. The molecular formula is C18H22F2N4O3. The van der Waals surface area contributed by atoms with Gasteiger partial charge < -0.3 is 20.9 Å². The molecule has 0 aromatic heterocycles. The van der Waals surface area contributed by atoms with Crippen LogP contribution in [-0.2, 0) is 9.59 Å². The minimum atomic E-state index is -1.21. The molecule has 0 aliphatic carbocycles. The lowest BCUT2D eigenvalue weighted by Gasteiger charge is -2.45. The van der Waals surface area contributed by atoms with Crippen LogP contribution in [0.1, 0.15) is 29.6 Å². The largest absolute Gasteiger partial charge is 0.342 e. The third-order valence-electron chi connectivity index (χ3n) is 5.00. The molecule has 9 heteroatoms. The van der Waals surface area contributed by atoms with Gasteiger partial charge in [0.05, 0.1) is 12.1 Å². The van der Waals surface area contributed by atoms with Crippen molar-refractivity contribution in [3.05, 3.63) is 35.4 Å². The van der Waals surface area contributed by atoms with Crippen molar-refractivity contribution in [3.8, 4) is 0 Å². The maximum atomic E-state index is 13.9.